The van der Waals surface area contributed by atoms with E-state index in [0.717, 1.165) is 31.2 Å². The van der Waals surface area contributed by atoms with Gasteiger partial charge in [-0.2, -0.15) is 0 Å². The molecule has 1 saturated carbocycles. The lowest BCUT2D eigenvalue weighted by Gasteiger charge is -2.39. The van der Waals surface area contributed by atoms with E-state index in [-0.39, 0.29) is 11.7 Å². The van der Waals surface area contributed by atoms with Gasteiger partial charge in [-0.1, -0.05) is 6.07 Å². The summed E-state index contributed by atoms with van der Waals surface area (Å²) < 4.78 is 13.2. The van der Waals surface area contributed by atoms with Gasteiger partial charge >= 0.3 is 0 Å². The first-order chi connectivity index (χ1) is 8.10. The first-order valence-electron chi connectivity index (χ1n) is 5.99. The summed E-state index contributed by atoms with van der Waals surface area (Å²) in [6.07, 6.45) is 3.28. The summed E-state index contributed by atoms with van der Waals surface area (Å²) in [6.45, 7) is 0.622. The second-order valence-corrected chi connectivity index (χ2v) is 4.99. The molecule has 0 spiro atoms. The molecule has 90 valence electrons. The molecule has 4 heteroatoms. The zero-order valence-corrected chi connectivity index (χ0v) is 9.58. The molecule has 0 aromatic heterocycles. The van der Waals surface area contributed by atoms with Gasteiger partial charge in [0.1, 0.15) is 5.82 Å². The lowest BCUT2D eigenvalue weighted by Crippen LogP contribution is -2.59. The van der Waals surface area contributed by atoms with Crippen LogP contribution >= 0.6 is 0 Å². The smallest absolute Gasteiger partial charge is 0.247 e. The van der Waals surface area contributed by atoms with Crippen molar-refractivity contribution in [2.75, 3.05) is 11.4 Å². The number of hydrogen-bond donors (Lipinski definition) is 1. The van der Waals surface area contributed by atoms with Crippen molar-refractivity contribution in [2.45, 2.75) is 31.2 Å². The summed E-state index contributed by atoms with van der Waals surface area (Å²) in [5.41, 5.74) is 7.07. The molecular weight excluding hydrogens is 219 g/mol. The number of carbonyl (C=O) groups excluding carboxylic acids is 1. The Balaban J connectivity index is 1.93. The molecule has 0 bridgehead atoms. The SMILES string of the molecule is NC1(C(=O)N2CCc3ccc(F)cc32)CCC1. The zero-order valence-electron chi connectivity index (χ0n) is 9.58. The monoisotopic (exact) mass is 234 g/mol. The van der Waals surface area contributed by atoms with Crippen molar-refractivity contribution >= 4 is 11.6 Å². The number of rotatable bonds is 1. The molecule has 3 rings (SSSR count). The van der Waals surface area contributed by atoms with Crippen molar-refractivity contribution in [3.63, 3.8) is 0 Å². The molecule has 0 radical (unpaired) electrons. The Labute approximate surface area is 99.4 Å². The van der Waals surface area contributed by atoms with Crippen molar-refractivity contribution < 1.29 is 9.18 Å². The highest BCUT2D eigenvalue weighted by atomic mass is 19.1. The summed E-state index contributed by atoms with van der Waals surface area (Å²) in [6, 6.07) is 4.62. The summed E-state index contributed by atoms with van der Waals surface area (Å²) >= 11 is 0. The molecule has 0 unspecified atom stereocenters. The average molecular weight is 234 g/mol. The van der Waals surface area contributed by atoms with Gasteiger partial charge < -0.3 is 10.6 Å². The summed E-state index contributed by atoms with van der Waals surface area (Å²) in [7, 11) is 0. The first-order valence-corrected chi connectivity index (χ1v) is 5.99. The Hall–Kier alpha value is -1.42. The van der Waals surface area contributed by atoms with Gasteiger partial charge in [0, 0.05) is 12.2 Å². The van der Waals surface area contributed by atoms with Gasteiger partial charge in [-0.25, -0.2) is 4.39 Å². The third kappa shape index (κ3) is 1.55. The minimum absolute atomic E-state index is 0.0481. The van der Waals surface area contributed by atoms with Crippen LogP contribution in [0.3, 0.4) is 0 Å². The Morgan fingerprint density at radius 1 is 1.41 bits per heavy atom. The van der Waals surface area contributed by atoms with Crippen LogP contribution in [-0.4, -0.2) is 18.0 Å². The number of halogens is 1. The fourth-order valence-electron chi connectivity index (χ4n) is 2.60. The van der Waals surface area contributed by atoms with Gasteiger partial charge in [-0.05, 0) is 43.4 Å². The highest BCUT2D eigenvalue weighted by molar-refractivity contribution is 6.02. The molecule has 17 heavy (non-hydrogen) atoms. The lowest BCUT2D eigenvalue weighted by molar-refractivity contribution is -0.126. The highest BCUT2D eigenvalue weighted by Gasteiger charge is 2.44. The number of fused-ring (bicyclic) bond motifs is 1. The number of hydrogen-bond acceptors (Lipinski definition) is 2. The number of nitrogens with zero attached hydrogens (tertiary/aromatic N) is 1. The first kappa shape index (κ1) is 10.7. The molecule has 1 aliphatic heterocycles. The van der Waals surface area contributed by atoms with Crippen LogP contribution in [0.5, 0.6) is 0 Å². The maximum Gasteiger partial charge on any atom is 0.247 e. The molecule has 2 aliphatic rings. The number of carbonyl (C=O) groups is 1. The van der Waals surface area contributed by atoms with Crippen LogP contribution in [0.15, 0.2) is 18.2 Å². The third-order valence-corrected chi connectivity index (χ3v) is 3.86. The molecule has 0 atom stereocenters. The van der Waals surface area contributed by atoms with Crippen LogP contribution in [0.2, 0.25) is 0 Å². The third-order valence-electron chi connectivity index (χ3n) is 3.86. The standard InChI is InChI=1S/C13H15FN2O/c14-10-3-2-9-4-7-16(11(9)8-10)12(17)13(15)5-1-6-13/h2-3,8H,1,4-7,15H2. The van der Waals surface area contributed by atoms with Crippen LogP contribution in [0.4, 0.5) is 10.1 Å². The quantitative estimate of drug-likeness (QED) is 0.802. The van der Waals surface area contributed by atoms with Gasteiger partial charge in [-0.3, -0.25) is 4.79 Å². The minimum Gasteiger partial charge on any atom is -0.317 e. The lowest BCUT2D eigenvalue weighted by atomic mass is 9.76. The van der Waals surface area contributed by atoms with E-state index in [1.165, 1.54) is 12.1 Å². The molecule has 3 nitrogen and oxygen atoms in total. The topological polar surface area (TPSA) is 46.3 Å². The second kappa shape index (κ2) is 3.53. The molecule has 1 amide bonds. The van der Waals surface area contributed by atoms with E-state index in [9.17, 15) is 9.18 Å². The van der Waals surface area contributed by atoms with E-state index < -0.39 is 5.54 Å². The van der Waals surface area contributed by atoms with E-state index in [1.807, 2.05) is 0 Å². The molecule has 1 aromatic carbocycles. The molecule has 1 aliphatic carbocycles. The van der Waals surface area contributed by atoms with Crippen molar-refractivity contribution in [3.05, 3.63) is 29.6 Å². The number of anilines is 1. The van der Waals surface area contributed by atoms with Gasteiger partial charge in [0.25, 0.3) is 0 Å². The van der Waals surface area contributed by atoms with Crippen molar-refractivity contribution in [2.24, 2.45) is 5.73 Å². The van der Waals surface area contributed by atoms with Crippen LogP contribution in [0.1, 0.15) is 24.8 Å². The zero-order chi connectivity index (χ0) is 12.0. The largest absolute Gasteiger partial charge is 0.317 e. The average Bonchev–Trinajstić information content (AvgIpc) is 2.67. The number of benzene rings is 1. The molecule has 1 fully saturated rings. The van der Waals surface area contributed by atoms with E-state index in [4.69, 9.17) is 5.73 Å². The Bertz CT molecular complexity index is 482. The summed E-state index contributed by atoms with van der Waals surface area (Å²) in [5, 5.41) is 0. The van der Waals surface area contributed by atoms with E-state index in [1.54, 1.807) is 11.0 Å². The fourth-order valence-corrected chi connectivity index (χ4v) is 2.60. The van der Waals surface area contributed by atoms with E-state index >= 15 is 0 Å². The van der Waals surface area contributed by atoms with Crippen molar-refractivity contribution in [1.29, 1.82) is 0 Å². The van der Waals surface area contributed by atoms with Crippen LogP contribution in [0, 0.1) is 5.82 Å². The maximum absolute atomic E-state index is 13.2. The Kier molecular flexibility index (Phi) is 2.23. The van der Waals surface area contributed by atoms with Crippen molar-refractivity contribution in [1.82, 2.24) is 0 Å². The summed E-state index contributed by atoms with van der Waals surface area (Å²) in [5.74, 6) is -0.351. The molecule has 1 heterocycles. The van der Waals surface area contributed by atoms with E-state index in [2.05, 4.69) is 0 Å². The fraction of sp³-hybridized carbons (Fsp3) is 0.462. The van der Waals surface area contributed by atoms with Gasteiger partial charge in [-0.15, -0.1) is 0 Å². The predicted octanol–water partition coefficient (Wildman–Crippen LogP) is 1.60. The van der Waals surface area contributed by atoms with Gasteiger partial charge in [0.15, 0.2) is 0 Å². The predicted molar refractivity (Wildman–Crippen MR) is 63.2 cm³/mol. The van der Waals surface area contributed by atoms with Gasteiger partial charge in [0.05, 0.1) is 5.54 Å². The Morgan fingerprint density at radius 3 is 2.82 bits per heavy atom. The summed E-state index contributed by atoms with van der Waals surface area (Å²) in [4.78, 5) is 14.0. The highest BCUT2D eigenvalue weighted by Crippen LogP contribution is 2.36. The normalized spacial score (nSPS) is 20.9. The second-order valence-electron chi connectivity index (χ2n) is 4.99. The molecule has 0 saturated heterocycles. The Morgan fingerprint density at radius 2 is 2.18 bits per heavy atom. The van der Waals surface area contributed by atoms with Gasteiger partial charge in [0.2, 0.25) is 5.91 Å². The van der Waals surface area contributed by atoms with E-state index in [0.29, 0.717) is 12.2 Å². The maximum atomic E-state index is 13.2. The minimum atomic E-state index is -0.700. The molecule has 2 N–H and O–H groups in total. The van der Waals surface area contributed by atoms with Crippen LogP contribution in [0.25, 0.3) is 0 Å². The van der Waals surface area contributed by atoms with Crippen molar-refractivity contribution in [3.8, 4) is 0 Å². The number of nitrogens with two attached hydrogens (primary N) is 1. The van der Waals surface area contributed by atoms with Crippen LogP contribution in [-0.2, 0) is 11.2 Å². The number of amides is 1. The van der Waals surface area contributed by atoms with Crippen LogP contribution < -0.4 is 10.6 Å². The molecular formula is C13H15FN2O. The molecule has 1 aromatic rings.